The third-order valence-corrected chi connectivity index (χ3v) is 4.98. The van der Waals surface area contributed by atoms with E-state index in [0.29, 0.717) is 13.1 Å². The predicted octanol–water partition coefficient (Wildman–Crippen LogP) is 3.27. The molecule has 0 radical (unpaired) electrons. The topological polar surface area (TPSA) is 57.6 Å². The summed E-state index contributed by atoms with van der Waals surface area (Å²) in [4.78, 5) is 25.0. The number of carbonyl (C=O) groups is 2. The fraction of sp³-hybridized carbons (Fsp3) is 0.529. The van der Waals surface area contributed by atoms with Crippen LogP contribution in [0, 0.1) is 5.92 Å². The summed E-state index contributed by atoms with van der Waals surface area (Å²) in [5.74, 6) is 1.58. The number of nitrogens with zero attached hydrogens (tertiary/aromatic N) is 1. The van der Waals surface area contributed by atoms with Crippen molar-refractivity contribution in [2.75, 3.05) is 18.8 Å². The molecular weight excluding hydrogens is 298 g/mol. The summed E-state index contributed by atoms with van der Waals surface area (Å²) in [6, 6.07) is 7.84. The number of rotatable bonds is 6. The van der Waals surface area contributed by atoms with E-state index in [-0.39, 0.29) is 18.2 Å². The van der Waals surface area contributed by atoms with Gasteiger partial charge in [-0.2, -0.15) is 11.8 Å². The van der Waals surface area contributed by atoms with Crippen molar-refractivity contribution in [1.29, 1.82) is 0 Å². The lowest BCUT2D eigenvalue weighted by molar-refractivity contribution is -0.138. The fourth-order valence-corrected chi connectivity index (χ4v) is 3.37. The molecule has 1 aliphatic rings. The molecule has 2 rings (SSSR count). The molecule has 0 bridgehead atoms. The second-order valence-corrected chi connectivity index (χ2v) is 6.94. The largest absolute Gasteiger partial charge is 0.481 e. The molecule has 0 atom stereocenters. The minimum Gasteiger partial charge on any atom is -0.481 e. The third kappa shape index (κ3) is 4.77. The van der Waals surface area contributed by atoms with Crippen molar-refractivity contribution >= 4 is 23.6 Å². The van der Waals surface area contributed by atoms with Crippen LogP contribution in [0.2, 0.25) is 0 Å². The average molecular weight is 321 g/mol. The maximum atomic E-state index is 12.5. The number of benzene rings is 1. The van der Waals surface area contributed by atoms with Crippen LogP contribution in [0.4, 0.5) is 0 Å². The molecule has 0 saturated carbocycles. The molecule has 1 aromatic rings. The van der Waals surface area contributed by atoms with Crippen molar-refractivity contribution < 1.29 is 14.7 Å². The molecule has 0 aliphatic carbocycles. The van der Waals surface area contributed by atoms with Crippen LogP contribution in [0.15, 0.2) is 24.3 Å². The van der Waals surface area contributed by atoms with E-state index in [1.807, 2.05) is 40.9 Å². The van der Waals surface area contributed by atoms with Gasteiger partial charge in [-0.3, -0.25) is 9.59 Å². The zero-order chi connectivity index (χ0) is 15.9. The van der Waals surface area contributed by atoms with Crippen LogP contribution in [-0.2, 0) is 10.5 Å². The second kappa shape index (κ2) is 8.22. The van der Waals surface area contributed by atoms with Crippen molar-refractivity contribution in [2.24, 2.45) is 5.92 Å². The van der Waals surface area contributed by atoms with Crippen molar-refractivity contribution in [3.05, 3.63) is 35.4 Å². The molecule has 1 amide bonds. The summed E-state index contributed by atoms with van der Waals surface area (Å²) in [6.45, 7) is 3.45. The summed E-state index contributed by atoms with van der Waals surface area (Å²) in [5.41, 5.74) is 1.96. The highest BCUT2D eigenvalue weighted by molar-refractivity contribution is 7.98. The molecule has 1 saturated heterocycles. The summed E-state index contributed by atoms with van der Waals surface area (Å²) in [5, 5.41) is 8.82. The van der Waals surface area contributed by atoms with E-state index < -0.39 is 5.97 Å². The van der Waals surface area contributed by atoms with E-state index in [1.54, 1.807) is 0 Å². The van der Waals surface area contributed by atoms with Crippen LogP contribution in [0.25, 0.3) is 0 Å². The zero-order valence-corrected chi connectivity index (χ0v) is 13.8. The number of piperidine rings is 1. The Balaban J connectivity index is 1.88. The maximum absolute atomic E-state index is 12.5. The zero-order valence-electron chi connectivity index (χ0n) is 13.0. The van der Waals surface area contributed by atoms with E-state index in [1.165, 1.54) is 5.56 Å². The molecule has 0 aromatic heterocycles. The van der Waals surface area contributed by atoms with Crippen LogP contribution in [0.3, 0.4) is 0 Å². The van der Waals surface area contributed by atoms with Crippen LogP contribution in [0.5, 0.6) is 0 Å². The summed E-state index contributed by atoms with van der Waals surface area (Å²) in [6.07, 6.45) is 1.78. The number of aliphatic carboxylic acids is 1. The predicted molar refractivity (Wildman–Crippen MR) is 89.2 cm³/mol. The summed E-state index contributed by atoms with van der Waals surface area (Å²) < 4.78 is 0. The number of carbonyl (C=O) groups excluding carboxylic acids is 1. The SMILES string of the molecule is CCSCc1ccc(C(=O)N2CCC(CC(=O)O)CC2)cc1. The van der Waals surface area contributed by atoms with Crippen LogP contribution in [0.1, 0.15) is 42.1 Å². The Morgan fingerprint density at radius 1 is 1.23 bits per heavy atom. The Kier molecular flexibility index (Phi) is 6.31. The Bertz CT molecular complexity index is 507. The number of likely N-dealkylation sites (tertiary alicyclic amines) is 1. The lowest BCUT2D eigenvalue weighted by Crippen LogP contribution is -2.38. The normalized spacial score (nSPS) is 15.8. The molecule has 1 heterocycles. The van der Waals surface area contributed by atoms with Gasteiger partial charge in [-0.15, -0.1) is 0 Å². The highest BCUT2D eigenvalue weighted by Gasteiger charge is 2.24. The van der Waals surface area contributed by atoms with Gasteiger partial charge in [0.15, 0.2) is 0 Å². The summed E-state index contributed by atoms with van der Waals surface area (Å²) >= 11 is 1.87. The molecule has 22 heavy (non-hydrogen) atoms. The number of carboxylic acid groups (broad SMARTS) is 1. The van der Waals surface area contributed by atoms with Gasteiger partial charge >= 0.3 is 5.97 Å². The van der Waals surface area contributed by atoms with Crippen LogP contribution in [-0.4, -0.2) is 40.7 Å². The molecule has 1 N–H and O–H groups in total. The average Bonchev–Trinajstić information content (AvgIpc) is 2.53. The van der Waals surface area contributed by atoms with Crippen LogP contribution >= 0.6 is 11.8 Å². The second-order valence-electron chi connectivity index (χ2n) is 5.67. The first kappa shape index (κ1) is 16.9. The molecular formula is C17H23NO3S. The molecule has 0 unspecified atom stereocenters. The number of hydrogen-bond acceptors (Lipinski definition) is 3. The molecule has 1 aromatic carbocycles. The number of amides is 1. The molecule has 1 aliphatic heterocycles. The first-order chi connectivity index (χ1) is 10.6. The van der Waals surface area contributed by atoms with Crippen molar-refractivity contribution in [3.8, 4) is 0 Å². The van der Waals surface area contributed by atoms with Gasteiger partial charge in [-0.1, -0.05) is 19.1 Å². The third-order valence-electron chi connectivity index (χ3n) is 4.04. The highest BCUT2D eigenvalue weighted by Crippen LogP contribution is 2.22. The highest BCUT2D eigenvalue weighted by atomic mass is 32.2. The maximum Gasteiger partial charge on any atom is 0.303 e. The number of hydrogen-bond donors (Lipinski definition) is 1. The number of thioether (sulfide) groups is 1. The van der Waals surface area contributed by atoms with Gasteiger partial charge in [-0.25, -0.2) is 0 Å². The Morgan fingerprint density at radius 2 is 1.86 bits per heavy atom. The van der Waals surface area contributed by atoms with E-state index in [4.69, 9.17) is 5.11 Å². The minimum absolute atomic E-state index is 0.0588. The van der Waals surface area contributed by atoms with E-state index in [0.717, 1.165) is 29.9 Å². The van der Waals surface area contributed by atoms with E-state index in [2.05, 4.69) is 6.92 Å². The smallest absolute Gasteiger partial charge is 0.303 e. The Hall–Kier alpha value is -1.49. The standard InChI is InChI=1S/C17H23NO3S/c1-2-22-12-14-3-5-15(6-4-14)17(21)18-9-7-13(8-10-18)11-16(19)20/h3-6,13H,2,7-12H2,1H3,(H,19,20). The van der Waals surface area contributed by atoms with Crippen LogP contribution < -0.4 is 0 Å². The Morgan fingerprint density at radius 3 is 2.41 bits per heavy atom. The molecule has 1 fully saturated rings. The van der Waals surface area contributed by atoms with Crippen molar-refractivity contribution in [3.63, 3.8) is 0 Å². The first-order valence-electron chi connectivity index (χ1n) is 7.78. The van der Waals surface area contributed by atoms with E-state index >= 15 is 0 Å². The molecule has 5 heteroatoms. The van der Waals surface area contributed by atoms with Gasteiger partial charge in [0, 0.05) is 30.8 Å². The molecule has 0 spiro atoms. The fourth-order valence-electron chi connectivity index (χ4n) is 2.73. The van der Waals surface area contributed by atoms with E-state index in [9.17, 15) is 9.59 Å². The van der Waals surface area contributed by atoms with Gasteiger partial charge in [0.25, 0.3) is 5.91 Å². The van der Waals surface area contributed by atoms with Crippen molar-refractivity contribution in [2.45, 2.75) is 31.9 Å². The van der Waals surface area contributed by atoms with Gasteiger partial charge in [0.1, 0.15) is 0 Å². The van der Waals surface area contributed by atoms with Gasteiger partial charge in [-0.05, 0) is 42.2 Å². The van der Waals surface area contributed by atoms with Gasteiger partial charge in [0.05, 0.1) is 0 Å². The van der Waals surface area contributed by atoms with Gasteiger partial charge < -0.3 is 10.0 Å². The van der Waals surface area contributed by atoms with Crippen molar-refractivity contribution in [1.82, 2.24) is 4.90 Å². The Labute approximate surface area is 135 Å². The lowest BCUT2D eigenvalue weighted by atomic mass is 9.93. The number of carboxylic acids is 1. The molecule has 120 valence electrons. The van der Waals surface area contributed by atoms with Gasteiger partial charge in [0.2, 0.25) is 0 Å². The minimum atomic E-state index is -0.745. The lowest BCUT2D eigenvalue weighted by Gasteiger charge is -2.31. The molecule has 4 nitrogen and oxygen atoms in total. The first-order valence-corrected chi connectivity index (χ1v) is 8.93. The summed E-state index contributed by atoms with van der Waals surface area (Å²) in [7, 11) is 0. The quantitative estimate of drug-likeness (QED) is 0.873. The monoisotopic (exact) mass is 321 g/mol.